The van der Waals surface area contributed by atoms with Crippen LogP contribution in [0.5, 0.6) is 11.8 Å². The molecule has 6 heteroatoms. The van der Waals surface area contributed by atoms with Crippen molar-refractivity contribution in [2.45, 2.75) is 26.4 Å². The Hall–Kier alpha value is -2.24. The fourth-order valence-corrected chi connectivity index (χ4v) is 1.63. The summed E-state index contributed by atoms with van der Waals surface area (Å²) in [5.41, 5.74) is 1.48. The number of aromatic nitrogens is 2. The van der Waals surface area contributed by atoms with Gasteiger partial charge in [-0.25, -0.2) is 18.7 Å². The van der Waals surface area contributed by atoms with Crippen molar-refractivity contribution in [2.75, 3.05) is 6.61 Å². The van der Waals surface area contributed by atoms with E-state index in [-0.39, 0.29) is 5.88 Å². The molecule has 0 N–H and O–H groups in total. The van der Waals surface area contributed by atoms with Crippen LogP contribution in [0.1, 0.15) is 18.1 Å². The van der Waals surface area contributed by atoms with Crippen molar-refractivity contribution in [1.29, 1.82) is 0 Å². The third kappa shape index (κ3) is 4.66. The summed E-state index contributed by atoms with van der Waals surface area (Å²) in [6, 6.07) is 9.57. The first-order chi connectivity index (χ1) is 9.96. The van der Waals surface area contributed by atoms with Gasteiger partial charge in [0.2, 0.25) is 11.8 Å². The van der Waals surface area contributed by atoms with Gasteiger partial charge < -0.3 is 9.47 Å². The molecule has 2 rings (SSSR count). The highest BCUT2D eigenvalue weighted by Gasteiger charge is 2.23. The molecule has 1 aromatic heterocycles. The van der Waals surface area contributed by atoms with E-state index in [1.54, 1.807) is 6.92 Å². The number of alkyl halides is 2. The van der Waals surface area contributed by atoms with Crippen LogP contribution in [0.2, 0.25) is 0 Å². The van der Waals surface area contributed by atoms with Crippen molar-refractivity contribution in [1.82, 2.24) is 9.97 Å². The molecule has 0 saturated heterocycles. The highest BCUT2D eigenvalue weighted by Crippen LogP contribution is 2.24. The molecule has 0 aliphatic carbocycles. The Kier molecular flexibility index (Phi) is 4.67. The SMILES string of the molecule is Cc1c(OCc2ccccc2)ncnc1OCC(C)(F)F. The van der Waals surface area contributed by atoms with Crippen molar-refractivity contribution in [3.63, 3.8) is 0 Å². The molecule has 1 aromatic carbocycles. The lowest BCUT2D eigenvalue weighted by Gasteiger charge is -2.14. The number of halogens is 2. The largest absolute Gasteiger partial charge is 0.472 e. The molecular weight excluding hydrogens is 278 g/mol. The lowest BCUT2D eigenvalue weighted by molar-refractivity contribution is -0.0245. The zero-order valence-electron chi connectivity index (χ0n) is 11.8. The molecule has 0 unspecified atom stereocenters. The Morgan fingerprint density at radius 3 is 2.29 bits per heavy atom. The number of rotatable bonds is 6. The average Bonchev–Trinajstić information content (AvgIpc) is 2.45. The van der Waals surface area contributed by atoms with E-state index >= 15 is 0 Å². The second-order valence-corrected chi connectivity index (χ2v) is 4.74. The van der Waals surface area contributed by atoms with Crippen LogP contribution >= 0.6 is 0 Å². The lowest BCUT2D eigenvalue weighted by Crippen LogP contribution is -2.21. The molecule has 0 atom stereocenters. The first-order valence-corrected chi connectivity index (χ1v) is 6.44. The molecule has 2 aromatic rings. The monoisotopic (exact) mass is 294 g/mol. The molecule has 0 aliphatic heterocycles. The van der Waals surface area contributed by atoms with E-state index in [2.05, 4.69) is 9.97 Å². The van der Waals surface area contributed by atoms with Gasteiger partial charge in [-0.15, -0.1) is 0 Å². The molecule has 0 aliphatic rings. The highest BCUT2D eigenvalue weighted by molar-refractivity contribution is 5.32. The molecule has 112 valence electrons. The fraction of sp³-hybridized carbons (Fsp3) is 0.333. The van der Waals surface area contributed by atoms with E-state index in [0.29, 0.717) is 18.1 Å². The van der Waals surface area contributed by atoms with Crippen molar-refractivity contribution in [3.8, 4) is 11.8 Å². The van der Waals surface area contributed by atoms with E-state index < -0.39 is 12.5 Å². The number of hydrogen-bond acceptors (Lipinski definition) is 4. The normalized spacial score (nSPS) is 11.2. The minimum absolute atomic E-state index is 0.106. The molecule has 0 fully saturated rings. The van der Waals surface area contributed by atoms with E-state index in [0.717, 1.165) is 12.5 Å². The van der Waals surface area contributed by atoms with E-state index in [1.165, 1.54) is 6.33 Å². The minimum atomic E-state index is -2.91. The zero-order valence-corrected chi connectivity index (χ0v) is 11.8. The number of nitrogens with zero attached hydrogens (tertiary/aromatic N) is 2. The third-order valence-electron chi connectivity index (χ3n) is 2.67. The summed E-state index contributed by atoms with van der Waals surface area (Å²) in [6.07, 6.45) is 1.23. The maximum Gasteiger partial charge on any atom is 0.278 e. The van der Waals surface area contributed by atoms with E-state index in [1.807, 2.05) is 30.3 Å². The van der Waals surface area contributed by atoms with Crippen molar-refractivity contribution >= 4 is 0 Å². The van der Waals surface area contributed by atoms with Gasteiger partial charge in [-0.1, -0.05) is 30.3 Å². The van der Waals surface area contributed by atoms with Gasteiger partial charge in [0.1, 0.15) is 12.9 Å². The van der Waals surface area contributed by atoms with Gasteiger partial charge in [0.25, 0.3) is 5.92 Å². The Morgan fingerprint density at radius 2 is 1.67 bits per heavy atom. The summed E-state index contributed by atoms with van der Waals surface area (Å²) in [6.45, 7) is 2.06. The predicted molar refractivity (Wildman–Crippen MR) is 73.7 cm³/mol. The van der Waals surface area contributed by atoms with Crippen LogP contribution in [0, 0.1) is 6.92 Å². The molecular formula is C15H16F2N2O2. The average molecular weight is 294 g/mol. The van der Waals surface area contributed by atoms with Gasteiger partial charge in [0, 0.05) is 6.92 Å². The van der Waals surface area contributed by atoms with Gasteiger partial charge in [0.15, 0.2) is 6.61 Å². The summed E-state index contributed by atoms with van der Waals surface area (Å²) < 4.78 is 36.2. The summed E-state index contributed by atoms with van der Waals surface area (Å²) in [4.78, 5) is 7.85. The summed E-state index contributed by atoms with van der Waals surface area (Å²) >= 11 is 0. The number of hydrogen-bond donors (Lipinski definition) is 0. The molecule has 0 bridgehead atoms. The first-order valence-electron chi connectivity index (χ1n) is 6.44. The molecule has 0 spiro atoms. The Morgan fingerprint density at radius 1 is 1.05 bits per heavy atom. The molecule has 0 radical (unpaired) electrons. The predicted octanol–water partition coefficient (Wildman–Crippen LogP) is 3.40. The maximum atomic E-state index is 12.8. The molecule has 1 heterocycles. The van der Waals surface area contributed by atoms with E-state index in [9.17, 15) is 8.78 Å². The molecule has 0 saturated carbocycles. The zero-order chi connectivity index (χ0) is 15.3. The summed E-state index contributed by atoms with van der Waals surface area (Å²) in [5.74, 6) is -2.49. The van der Waals surface area contributed by atoms with Gasteiger partial charge in [0.05, 0.1) is 5.56 Å². The molecule has 21 heavy (non-hydrogen) atoms. The van der Waals surface area contributed by atoms with Crippen LogP contribution in [0.4, 0.5) is 8.78 Å². The fourth-order valence-electron chi connectivity index (χ4n) is 1.63. The Balaban J connectivity index is 2.03. The highest BCUT2D eigenvalue weighted by atomic mass is 19.3. The first kappa shape index (κ1) is 15.2. The van der Waals surface area contributed by atoms with Crippen LogP contribution in [0.25, 0.3) is 0 Å². The molecule has 0 amide bonds. The summed E-state index contributed by atoms with van der Waals surface area (Å²) in [5, 5.41) is 0. The Labute approximate surface area is 121 Å². The van der Waals surface area contributed by atoms with Crippen molar-refractivity contribution in [3.05, 3.63) is 47.8 Å². The van der Waals surface area contributed by atoms with Crippen molar-refractivity contribution < 1.29 is 18.3 Å². The minimum Gasteiger partial charge on any atom is -0.472 e. The van der Waals surface area contributed by atoms with Crippen LogP contribution < -0.4 is 9.47 Å². The van der Waals surface area contributed by atoms with Crippen LogP contribution in [0.15, 0.2) is 36.7 Å². The Bertz CT molecular complexity index is 586. The lowest BCUT2D eigenvalue weighted by atomic mass is 10.2. The second-order valence-electron chi connectivity index (χ2n) is 4.74. The van der Waals surface area contributed by atoms with Gasteiger partial charge in [-0.2, -0.15) is 0 Å². The summed E-state index contributed by atoms with van der Waals surface area (Å²) in [7, 11) is 0. The molecule has 4 nitrogen and oxygen atoms in total. The van der Waals surface area contributed by atoms with E-state index in [4.69, 9.17) is 9.47 Å². The number of benzene rings is 1. The van der Waals surface area contributed by atoms with Crippen molar-refractivity contribution in [2.24, 2.45) is 0 Å². The van der Waals surface area contributed by atoms with Gasteiger partial charge >= 0.3 is 0 Å². The van der Waals surface area contributed by atoms with Gasteiger partial charge in [-0.3, -0.25) is 0 Å². The standard InChI is InChI=1S/C15H16F2N2O2/c1-11-13(20-8-12-6-4-3-5-7-12)18-10-19-14(11)21-9-15(2,16)17/h3-7,10H,8-9H2,1-2H3. The van der Waals surface area contributed by atoms with Crippen LogP contribution in [0.3, 0.4) is 0 Å². The second kappa shape index (κ2) is 6.47. The third-order valence-corrected chi connectivity index (χ3v) is 2.67. The topological polar surface area (TPSA) is 44.2 Å². The van der Waals surface area contributed by atoms with Crippen LogP contribution in [-0.2, 0) is 6.61 Å². The van der Waals surface area contributed by atoms with Crippen LogP contribution in [-0.4, -0.2) is 22.5 Å². The number of ether oxygens (including phenoxy) is 2. The maximum absolute atomic E-state index is 12.8. The van der Waals surface area contributed by atoms with Gasteiger partial charge in [-0.05, 0) is 12.5 Å². The smallest absolute Gasteiger partial charge is 0.278 e. The quantitative estimate of drug-likeness (QED) is 0.819.